The highest BCUT2D eigenvalue weighted by Gasteiger charge is 2.29. The van der Waals surface area contributed by atoms with Gasteiger partial charge in [0, 0.05) is 18.7 Å². The minimum atomic E-state index is 0.569. The van der Waals surface area contributed by atoms with Gasteiger partial charge in [-0.25, -0.2) is 4.98 Å². The molecule has 4 heteroatoms. The molecule has 1 fully saturated rings. The van der Waals surface area contributed by atoms with Crippen LogP contribution in [0.5, 0.6) is 0 Å². The highest BCUT2D eigenvalue weighted by molar-refractivity contribution is 9.10. The van der Waals surface area contributed by atoms with Crippen LogP contribution < -0.4 is 5.73 Å². The van der Waals surface area contributed by atoms with Gasteiger partial charge < -0.3 is 5.73 Å². The smallest absolute Gasteiger partial charge is 0.137 e. The number of hydrogen-bond acceptors (Lipinski definition) is 2. The van der Waals surface area contributed by atoms with E-state index >= 15 is 0 Å². The zero-order valence-corrected chi connectivity index (χ0v) is 9.87. The highest BCUT2D eigenvalue weighted by atomic mass is 79.9. The molecule has 0 atom stereocenters. The molecule has 2 aromatic rings. The summed E-state index contributed by atoms with van der Waals surface area (Å²) in [6.45, 7) is 0.569. The first-order valence-corrected chi connectivity index (χ1v) is 5.95. The number of nitrogens with zero attached hydrogens (tertiary/aromatic N) is 2. The van der Waals surface area contributed by atoms with E-state index in [0.717, 1.165) is 15.8 Å². The van der Waals surface area contributed by atoms with Crippen molar-refractivity contribution >= 4 is 21.6 Å². The van der Waals surface area contributed by atoms with Crippen molar-refractivity contribution in [2.75, 3.05) is 0 Å². The molecule has 0 aliphatic heterocycles. The molecule has 2 heterocycles. The molecule has 0 saturated heterocycles. The summed E-state index contributed by atoms with van der Waals surface area (Å²) in [6, 6.07) is 4.06. The number of halogens is 1. The number of rotatable bonds is 2. The van der Waals surface area contributed by atoms with Crippen LogP contribution in [0.3, 0.4) is 0 Å². The Hall–Kier alpha value is -0.870. The van der Waals surface area contributed by atoms with Crippen molar-refractivity contribution < 1.29 is 0 Å². The second-order valence-electron chi connectivity index (χ2n) is 4.03. The van der Waals surface area contributed by atoms with E-state index in [4.69, 9.17) is 5.73 Å². The maximum Gasteiger partial charge on any atom is 0.137 e. The van der Waals surface area contributed by atoms with Crippen LogP contribution in [-0.4, -0.2) is 9.38 Å². The summed E-state index contributed by atoms with van der Waals surface area (Å²) in [5.74, 6) is 0.667. The Morgan fingerprint density at radius 1 is 1.47 bits per heavy atom. The molecule has 2 aromatic heterocycles. The van der Waals surface area contributed by atoms with Crippen molar-refractivity contribution in [2.24, 2.45) is 5.73 Å². The maximum atomic E-state index is 5.62. The lowest BCUT2D eigenvalue weighted by atomic mass is 10.3. The first kappa shape index (κ1) is 9.36. The summed E-state index contributed by atoms with van der Waals surface area (Å²) in [5, 5.41) is 0. The van der Waals surface area contributed by atoms with Gasteiger partial charge in [-0.05, 0) is 40.4 Å². The minimum Gasteiger partial charge on any atom is -0.326 e. The molecule has 1 aliphatic rings. The van der Waals surface area contributed by atoms with Gasteiger partial charge in [-0.2, -0.15) is 0 Å². The number of fused-ring (bicyclic) bond motifs is 1. The zero-order chi connectivity index (χ0) is 10.4. The molecule has 0 radical (unpaired) electrons. The summed E-state index contributed by atoms with van der Waals surface area (Å²) < 4.78 is 3.17. The van der Waals surface area contributed by atoms with Crippen LogP contribution in [0, 0.1) is 0 Å². The fraction of sp³-hybridized carbons (Fsp3) is 0.364. The van der Waals surface area contributed by atoms with E-state index in [-0.39, 0.29) is 0 Å². The third-order valence-electron chi connectivity index (χ3n) is 2.85. The normalized spacial score (nSPS) is 16.1. The van der Waals surface area contributed by atoms with Crippen LogP contribution in [0.1, 0.15) is 30.0 Å². The number of aromatic nitrogens is 2. The SMILES string of the molecule is NCc1ccc2nc(C3CC3)c(Br)n2c1. The molecule has 78 valence electrons. The van der Waals surface area contributed by atoms with Crippen molar-refractivity contribution in [1.29, 1.82) is 0 Å². The number of hydrogen-bond donors (Lipinski definition) is 1. The molecule has 2 N–H and O–H groups in total. The maximum absolute atomic E-state index is 5.62. The van der Waals surface area contributed by atoms with E-state index in [1.54, 1.807) is 0 Å². The standard InChI is InChI=1S/C11H12BrN3/c12-11-10(8-2-3-8)14-9-4-1-7(5-13)6-15(9)11/h1,4,6,8H,2-3,5,13H2. The number of nitrogens with two attached hydrogens (primary N) is 1. The van der Waals surface area contributed by atoms with Crippen LogP contribution in [-0.2, 0) is 6.54 Å². The van der Waals surface area contributed by atoms with E-state index in [1.807, 2.05) is 12.1 Å². The summed E-state index contributed by atoms with van der Waals surface area (Å²) >= 11 is 3.62. The third-order valence-corrected chi connectivity index (χ3v) is 3.63. The van der Waals surface area contributed by atoms with Gasteiger partial charge in [-0.15, -0.1) is 0 Å². The molecule has 1 saturated carbocycles. The minimum absolute atomic E-state index is 0.569. The van der Waals surface area contributed by atoms with Crippen LogP contribution in [0.15, 0.2) is 22.9 Å². The average molecular weight is 266 g/mol. The molecular formula is C11H12BrN3. The first-order chi connectivity index (χ1) is 7.29. The Labute approximate surface area is 96.4 Å². The summed E-state index contributed by atoms with van der Waals surface area (Å²) in [7, 11) is 0. The summed E-state index contributed by atoms with van der Waals surface area (Å²) in [6.07, 6.45) is 4.59. The summed E-state index contributed by atoms with van der Waals surface area (Å²) in [5.41, 5.74) is 8.95. The lowest BCUT2D eigenvalue weighted by molar-refractivity contribution is 1.01. The van der Waals surface area contributed by atoms with Crippen LogP contribution in [0.25, 0.3) is 5.65 Å². The van der Waals surface area contributed by atoms with E-state index in [0.29, 0.717) is 12.5 Å². The highest BCUT2D eigenvalue weighted by Crippen LogP contribution is 2.42. The van der Waals surface area contributed by atoms with Crippen molar-refractivity contribution in [3.8, 4) is 0 Å². The van der Waals surface area contributed by atoms with Gasteiger partial charge >= 0.3 is 0 Å². The summed E-state index contributed by atoms with van der Waals surface area (Å²) in [4.78, 5) is 4.62. The topological polar surface area (TPSA) is 43.3 Å². The van der Waals surface area contributed by atoms with Crippen molar-refractivity contribution in [2.45, 2.75) is 25.3 Å². The van der Waals surface area contributed by atoms with E-state index in [2.05, 4.69) is 31.5 Å². The Bertz CT molecular complexity index is 514. The number of imidazole rings is 1. The fourth-order valence-electron chi connectivity index (χ4n) is 1.82. The van der Waals surface area contributed by atoms with Crippen LogP contribution in [0.4, 0.5) is 0 Å². The lowest BCUT2D eigenvalue weighted by Gasteiger charge is -1.99. The van der Waals surface area contributed by atoms with Crippen molar-refractivity contribution in [3.63, 3.8) is 0 Å². The van der Waals surface area contributed by atoms with Gasteiger partial charge in [-0.3, -0.25) is 4.40 Å². The molecule has 15 heavy (non-hydrogen) atoms. The molecule has 3 rings (SSSR count). The molecule has 0 unspecified atom stereocenters. The van der Waals surface area contributed by atoms with Crippen LogP contribution in [0.2, 0.25) is 0 Å². The predicted octanol–water partition coefficient (Wildman–Crippen LogP) is 2.43. The van der Waals surface area contributed by atoms with Gasteiger partial charge in [0.05, 0.1) is 5.69 Å². The van der Waals surface area contributed by atoms with E-state index < -0.39 is 0 Å². The Kier molecular flexibility index (Phi) is 2.07. The van der Waals surface area contributed by atoms with Gasteiger partial charge in [-0.1, -0.05) is 6.07 Å². The molecule has 0 aromatic carbocycles. The van der Waals surface area contributed by atoms with Gasteiger partial charge in [0.1, 0.15) is 10.3 Å². The number of pyridine rings is 1. The molecule has 1 aliphatic carbocycles. The molecule has 0 amide bonds. The van der Waals surface area contributed by atoms with Crippen molar-refractivity contribution in [1.82, 2.24) is 9.38 Å². The Morgan fingerprint density at radius 2 is 2.27 bits per heavy atom. The van der Waals surface area contributed by atoms with E-state index in [9.17, 15) is 0 Å². The van der Waals surface area contributed by atoms with Crippen molar-refractivity contribution in [3.05, 3.63) is 34.2 Å². The average Bonchev–Trinajstić information content (AvgIpc) is 3.05. The molecule has 3 nitrogen and oxygen atoms in total. The second kappa shape index (κ2) is 3.32. The quantitative estimate of drug-likeness (QED) is 0.907. The van der Waals surface area contributed by atoms with E-state index in [1.165, 1.54) is 18.5 Å². The fourth-order valence-corrected chi connectivity index (χ4v) is 2.51. The molecule has 0 bridgehead atoms. The third kappa shape index (κ3) is 1.48. The largest absolute Gasteiger partial charge is 0.326 e. The van der Waals surface area contributed by atoms with Gasteiger partial charge in [0.25, 0.3) is 0 Å². The first-order valence-electron chi connectivity index (χ1n) is 5.16. The predicted molar refractivity (Wildman–Crippen MR) is 62.8 cm³/mol. The molecule has 0 spiro atoms. The van der Waals surface area contributed by atoms with Gasteiger partial charge in [0.15, 0.2) is 0 Å². The zero-order valence-electron chi connectivity index (χ0n) is 8.28. The Morgan fingerprint density at radius 3 is 2.93 bits per heavy atom. The lowest BCUT2D eigenvalue weighted by Crippen LogP contribution is -1.98. The monoisotopic (exact) mass is 265 g/mol. The second-order valence-corrected chi connectivity index (χ2v) is 4.78. The van der Waals surface area contributed by atoms with Gasteiger partial charge in [0.2, 0.25) is 0 Å². The molecular weight excluding hydrogens is 254 g/mol. The Balaban J connectivity index is 2.21. The van der Waals surface area contributed by atoms with Crippen LogP contribution >= 0.6 is 15.9 Å².